The summed E-state index contributed by atoms with van der Waals surface area (Å²) >= 11 is 11.8. The van der Waals surface area contributed by atoms with Crippen LogP contribution >= 0.6 is 23.2 Å². The van der Waals surface area contributed by atoms with Gasteiger partial charge >= 0.3 is 0 Å². The highest BCUT2D eigenvalue weighted by Crippen LogP contribution is 2.24. The SMILES string of the molecule is CCN(C(=O)Cc1ccc(Cl)c(Cl)c1)C1CCS(=O)(=O)C1. The summed E-state index contributed by atoms with van der Waals surface area (Å²) in [6.45, 7) is 2.36. The quantitative estimate of drug-likeness (QED) is 0.839. The first-order valence-electron chi connectivity index (χ1n) is 6.76. The van der Waals surface area contributed by atoms with E-state index in [-0.39, 0.29) is 29.9 Å². The van der Waals surface area contributed by atoms with E-state index in [0.29, 0.717) is 23.0 Å². The lowest BCUT2D eigenvalue weighted by Crippen LogP contribution is -2.41. The number of benzene rings is 1. The van der Waals surface area contributed by atoms with Crippen molar-refractivity contribution >= 4 is 38.9 Å². The van der Waals surface area contributed by atoms with E-state index in [1.165, 1.54) is 0 Å². The third-order valence-corrected chi connectivity index (χ3v) is 6.14. The van der Waals surface area contributed by atoms with E-state index in [1.54, 1.807) is 23.1 Å². The maximum Gasteiger partial charge on any atom is 0.227 e. The van der Waals surface area contributed by atoms with Gasteiger partial charge < -0.3 is 4.90 Å². The van der Waals surface area contributed by atoms with Crippen LogP contribution in [0.25, 0.3) is 0 Å². The molecule has 4 nitrogen and oxygen atoms in total. The van der Waals surface area contributed by atoms with Crippen LogP contribution in [0.4, 0.5) is 0 Å². The van der Waals surface area contributed by atoms with E-state index in [1.807, 2.05) is 6.92 Å². The van der Waals surface area contributed by atoms with E-state index < -0.39 is 9.84 Å². The molecule has 1 amide bonds. The van der Waals surface area contributed by atoms with E-state index in [0.717, 1.165) is 5.56 Å². The minimum atomic E-state index is -3.00. The Bertz CT molecular complexity index is 646. The minimum Gasteiger partial charge on any atom is -0.339 e. The van der Waals surface area contributed by atoms with Crippen LogP contribution in [0.15, 0.2) is 18.2 Å². The summed E-state index contributed by atoms with van der Waals surface area (Å²) < 4.78 is 23.1. The standard InChI is InChI=1S/C14H17Cl2NO3S/c1-2-17(11-5-6-21(19,20)9-11)14(18)8-10-3-4-12(15)13(16)7-10/h3-4,7,11H,2,5-6,8-9H2,1H3. The molecule has 0 radical (unpaired) electrons. The molecule has 1 aromatic rings. The summed E-state index contributed by atoms with van der Waals surface area (Å²) in [6.07, 6.45) is 0.713. The van der Waals surface area contributed by atoms with Crippen LogP contribution in [0, 0.1) is 0 Å². The Morgan fingerprint density at radius 3 is 2.57 bits per heavy atom. The number of amides is 1. The molecule has 1 unspecified atom stereocenters. The van der Waals surface area contributed by atoms with Crippen LogP contribution < -0.4 is 0 Å². The second-order valence-electron chi connectivity index (χ2n) is 5.16. The topological polar surface area (TPSA) is 54.5 Å². The molecule has 116 valence electrons. The second kappa shape index (κ2) is 6.55. The van der Waals surface area contributed by atoms with Crippen molar-refractivity contribution in [2.75, 3.05) is 18.1 Å². The minimum absolute atomic E-state index is 0.0634. The van der Waals surface area contributed by atoms with Gasteiger partial charge in [-0.3, -0.25) is 4.79 Å². The number of rotatable bonds is 4. The third-order valence-electron chi connectivity index (χ3n) is 3.65. The number of sulfone groups is 1. The maximum atomic E-state index is 12.4. The molecule has 1 heterocycles. The van der Waals surface area contributed by atoms with Gasteiger partial charge in [0.2, 0.25) is 5.91 Å². The molecule has 1 aliphatic heterocycles. The molecular formula is C14H17Cl2NO3S. The monoisotopic (exact) mass is 349 g/mol. The molecule has 1 saturated heterocycles. The van der Waals surface area contributed by atoms with Gasteiger partial charge in [0.15, 0.2) is 9.84 Å². The van der Waals surface area contributed by atoms with Gasteiger partial charge in [-0.25, -0.2) is 8.42 Å². The first-order chi connectivity index (χ1) is 9.82. The van der Waals surface area contributed by atoms with Crippen molar-refractivity contribution in [1.82, 2.24) is 4.90 Å². The number of halogens is 2. The molecule has 0 N–H and O–H groups in total. The van der Waals surface area contributed by atoms with Gasteiger partial charge in [0.05, 0.1) is 28.0 Å². The molecule has 0 aliphatic carbocycles. The summed E-state index contributed by atoms with van der Waals surface area (Å²) in [7, 11) is -3.00. The van der Waals surface area contributed by atoms with E-state index in [4.69, 9.17) is 23.2 Å². The van der Waals surface area contributed by atoms with Gasteiger partial charge in [0, 0.05) is 12.6 Å². The summed E-state index contributed by atoms with van der Waals surface area (Å²) in [4.78, 5) is 14.0. The second-order valence-corrected chi connectivity index (χ2v) is 8.20. The molecule has 21 heavy (non-hydrogen) atoms. The van der Waals surface area contributed by atoms with E-state index in [9.17, 15) is 13.2 Å². The normalized spacial score (nSPS) is 20.4. The lowest BCUT2D eigenvalue weighted by atomic mass is 10.1. The van der Waals surface area contributed by atoms with Gasteiger partial charge in [0.25, 0.3) is 0 Å². The Hall–Kier alpha value is -0.780. The summed E-state index contributed by atoms with van der Waals surface area (Å²) in [5.74, 6) is 0.139. The third kappa shape index (κ3) is 4.11. The lowest BCUT2D eigenvalue weighted by molar-refractivity contribution is -0.132. The highest BCUT2D eigenvalue weighted by atomic mass is 35.5. The van der Waals surface area contributed by atoms with Gasteiger partial charge in [-0.05, 0) is 31.0 Å². The fraction of sp³-hybridized carbons (Fsp3) is 0.500. The van der Waals surface area contributed by atoms with Crippen LogP contribution in [0.5, 0.6) is 0 Å². The Morgan fingerprint density at radius 1 is 1.33 bits per heavy atom. The number of hydrogen-bond donors (Lipinski definition) is 0. The molecular weight excluding hydrogens is 333 g/mol. The molecule has 2 rings (SSSR count). The molecule has 1 fully saturated rings. The van der Waals surface area contributed by atoms with Gasteiger partial charge in [-0.2, -0.15) is 0 Å². The fourth-order valence-corrected chi connectivity index (χ4v) is 4.64. The van der Waals surface area contributed by atoms with Gasteiger partial charge in [-0.15, -0.1) is 0 Å². The molecule has 0 aromatic heterocycles. The largest absolute Gasteiger partial charge is 0.339 e. The molecule has 7 heteroatoms. The molecule has 1 atom stereocenters. The van der Waals surface area contributed by atoms with Crippen molar-refractivity contribution in [1.29, 1.82) is 0 Å². The molecule has 1 aromatic carbocycles. The first-order valence-corrected chi connectivity index (χ1v) is 9.34. The average molecular weight is 350 g/mol. The van der Waals surface area contributed by atoms with Crippen molar-refractivity contribution < 1.29 is 13.2 Å². The number of likely N-dealkylation sites (N-methyl/N-ethyl adjacent to an activating group) is 1. The van der Waals surface area contributed by atoms with Crippen molar-refractivity contribution in [2.45, 2.75) is 25.8 Å². The van der Waals surface area contributed by atoms with Crippen LogP contribution in [0.1, 0.15) is 18.9 Å². The average Bonchev–Trinajstić information content (AvgIpc) is 2.75. The van der Waals surface area contributed by atoms with Crippen LogP contribution in [0.3, 0.4) is 0 Å². The van der Waals surface area contributed by atoms with Crippen LogP contribution in [0.2, 0.25) is 10.0 Å². The number of nitrogens with zero attached hydrogens (tertiary/aromatic N) is 1. The predicted molar refractivity (Wildman–Crippen MR) is 84.6 cm³/mol. The highest BCUT2D eigenvalue weighted by molar-refractivity contribution is 7.91. The zero-order valence-corrected chi connectivity index (χ0v) is 14.0. The van der Waals surface area contributed by atoms with E-state index >= 15 is 0 Å². The van der Waals surface area contributed by atoms with Crippen LogP contribution in [-0.2, 0) is 21.1 Å². The van der Waals surface area contributed by atoms with Crippen molar-refractivity contribution in [3.8, 4) is 0 Å². The van der Waals surface area contributed by atoms with E-state index in [2.05, 4.69) is 0 Å². The van der Waals surface area contributed by atoms with Gasteiger partial charge in [0.1, 0.15) is 0 Å². The van der Waals surface area contributed by atoms with Crippen molar-refractivity contribution in [3.05, 3.63) is 33.8 Å². The van der Waals surface area contributed by atoms with Crippen molar-refractivity contribution in [3.63, 3.8) is 0 Å². The number of carbonyl (C=O) groups is 1. The zero-order chi connectivity index (χ0) is 15.6. The van der Waals surface area contributed by atoms with Gasteiger partial charge in [-0.1, -0.05) is 29.3 Å². The highest BCUT2D eigenvalue weighted by Gasteiger charge is 2.33. The Balaban J connectivity index is 2.08. The van der Waals surface area contributed by atoms with Crippen LogP contribution in [-0.4, -0.2) is 43.3 Å². The van der Waals surface area contributed by atoms with Crippen molar-refractivity contribution in [2.24, 2.45) is 0 Å². The number of carbonyl (C=O) groups excluding carboxylic acids is 1. The molecule has 0 spiro atoms. The summed E-state index contributed by atoms with van der Waals surface area (Å²) in [5.41, 5.74) is 0.772. The molecule has 0 saturated carbocycles. The fourth-order valence-electron chi connectivity index (χ4n) is 2.59. The number of hydrogen-bond acceptors (Lipinski definition) is 3. The molecule has 1 aliphatic rings. The zero-order valence-electron chi connectivity index (χ0n) is 11.7. The summed E-state index contributed by atoms with van der Waals surface area (Å²) in [6, 6.07) is 4.87. The Morgan fingerprint density at radius 2 is 2.05 bits per heavy atom. The Labute approximate surface area is 134 Å². The summed E-state index contributed by atoms with van der Waals surface area (Å²) in [5, 5.41) is 0.857. The smallest absolute Gasteiger partial charge is 0.227 e. The Kier molecular flexibility index (Phi) is 5.17. The maximum absolute atomic E-state index is 12.4. The predicted octanol–water partition coefficient (Wildman–Crippen LogP) is 2.57. The molecule has 0 bridgehead atoms. The lowest BCUT2D eigenvalue weighted by Gasteiger charge is -2.27. The first kappa shape index (κ1) is 16.6.